The van der Waals surface area contributed by atoms with Crippen molar-refractivity contribution in [1.82, 2.24) is 14.9 Å². The van der Waals surface area contributed by atoms with Gasteiger partial charge in [-0.3, -0.25) is 9.69 Å². The van der Waals surface area contributed by atoms with Crippen LogP contribution in [0, 0.1) is 18.8 Å². The number of carbonyl (C=O) groups excluding carboxylic acids is 1. The first-order chi connectivity index (χ1) is 15.3. The van der Waals surface area contributed by atoms with E-state index in [2.05, 4.69) is 14.9 Å². The summed E-state index contributed by atoms with van der Waals surface area (Å²) in [6.07, 6.45) is 1.39. The van der Waals surface area contributed by atoms with Gasteiger partial charge in [0, 0.05) is 38.2 Å². The van der Waals surface area contributed by atoms with Gasteiger partial charge in [-0.1, -0.05) is 31.5 Å². The van der Waals surface area contributed by atoms with Crippen molar-refractivity contribution in [3.8, 4) is 0 Å². The lowest BCUT2D eigenvalue weighted by Gasteiger charge is -2.37. The summed E-state index contributed by atoms with van der Waals surface area (Å²) in [6.45, 7) is 10.8. The van der Waals surface area contributed by atoms with Gasteiger partial charge in [-0.25, -0.2) is 8.42 Å². The highest BCUT2D eigenvalue weighted by Crippen LogP contribution is 2.22. The van der Waals surface area contributed by atoms with Gasteiger partial charge in [-0.2, -0.15) is 4.72 Å². The summed E-state index contributed by atoms with van der Waals surface area (Å²) in [6, 6.07) is 5.96. The Morgan fingerprint density at radius 2 is 1.81 bits per heavy atom. The predicted octanol–water partition coefficient (Wildman–Crippen LogP) is 1.54. The Hall–Kier alpha value is -1.52. The first-order valence-corrected chi connectivity index (χ1v) is 13.0. The molecule has 2 aliphatic heterocycles. The molecule has 0 spiro atoms. The lowest BCUT2D eigenvalue weighted by molar-refractivity contribution is -0.123. The topological polar surface area (TPSA) is 97.0 Å². The summed E-state index contributed by atoms with van der Waals surface area (Å²) in [5, 5.41) is 3.04. The van der Waals surface area contributed by atoms with Crippen LogP contribution in [0.4, 0.5) is 0 Å². The zero-order chi connectivity index (χ0) is 23.1. The quantitative estimate of drug-likeness (QED) is 0.542. The van der Waals surface area contributed by atoms with Crippen molar-refractivity contribution in [2.75, 3.05) is 46.1 Å². The fraction of sp³-hybridized carbons (Fsp3) is 0.696. The summed E-state index contributed by atoms with van der Waals surface area (Å²) in [5.74, 6) is 0.220. The second-order valence-corrected chi connectivity index (χ2v) is 10.9. The van der Waals surface area contributed by atoms with Crippen molar-refractivity contribution in [3.63, 3.8) is 0 Å². The fourth-order valence-corrected chi connectivity index (χ4v) is 5.55. The predicted molar refractivity (Wildman–Crippen MR) is 123 cm³/mol. The van der Waals surface area contributed by atoms with Crippen molar-refractivity contribution in [1.29, 1.82) is 0 Å². The maximum absolute atomic E-state index is 13.1. The van der Waals surface area contributed by atoms with E-state index in [1.54, 1.807) is 24.3 Å². The van der Waals surface area contributed by atoms with Crippen LogP contribution >= 0.6 is 0 Å². The number of hydrogen-bond donors (Lipinski definition) is 2. The van der Waals surface area contributed by atoms with Crippen LogP contribution in [-0.4, -0.2) is 77.4 Å². The van der Waals surface area contributed by atoms with Crippen LogP contribution in [-0.2, 0) is 24.3 Å². The van der Waals surface area contributed by atoms with Gasteiger partial charge in [0.2, 0.25) is 15.9 Å². The van der Waals surface area contributed by atoms with E-state index < -0.39 is 16.1 Å². The van der Waals surface area contributed by atoms with Crippen molar-refractivity contribution in [2.45, 2.75) is 50.6 Å². The highest BCUT2D eigenvalue weighted by Gasteiger charge is 2.33. The molecule has 2 aliphatic rings. The van der Waals surface area contributed by atoms with E-state index in [-0.39, 0.29) is 22.8 Å². The zero-order valence-electron chi connectivity index (χ0n) is 19.4. The highest BCUT2D eigenvalue weighted by atomic mass is 32.2. The molecule has 9 heteroatoms. The lowest BCUT2D eigenvalue weighted by atomic mass is 9.96. The van der Waals surface area contributed by atoms with Gasteiger partial charge in [0.05, 0.1) is 24.7 Å². The molecule has 1 aromatic rings. The summed E-state index contributed by atoms with van der Waals surface area (Å²) in [7, 11) is -3.80. The maximum atomic E-state index is 13.1. The van der Waals surface area contributed by atoms with E-state index in [0.717, 1.165) is 31.7 Å². The second-order valence-electron chi connectivity index (χ2n) is 9.20. The van der Waals surface area contributed by atoms with Crippen LogP contribution in [0.25, 0.3) is 0 Å². The SMILES string of the molecule is Cc1ccc(S(=O)(=O)NC(CC(C)C)C(=O)NCC(C2CCOC2)N2CCOCC2)cc1. The van der Waals surface area contributed by atoms with Crippen LogP contribution in [0.15, 0.2) is 29.2 Å². The van der Waals surface area contributed by atoms with Gasteiger partial charge in [-0.05, 0) is 37.8 Å². The van der Waals surface area contributed by atoms with Gasteiger partial charge in [0.1, 0.15) is 6.04 Å². The van der Waals surface area contributed by atoms with E-state index in [1.807, 2.05) is 20.8 Å². The number of rotatable bonds is 10. The number of hydrogen-bond acceptors (Lipinski definition) is 6. The minimum Gasteiger partial charge on any atom is -0.381 e. The van der Waals surface area contributed by atoms with Crippen LogP contribution in [0.3, 0.4) is 0 Å². The second kappa shape index (κ2) is 11.6. The molecule has 8 nitrogen and oxygen atoms in total. The molecule has 2 fully saturated rings. The Morgan fingerprint density at radius 3 is 2.41 bits per heavy atom. The molecule has 1 aromatic carbocycles. The van der Waals surface area contributed by atoms with E-state index in [0.29, 0.717) is 38.7 Å². The molecule has 0 radical (unpaired) electrons. The normalized spacial score (nSPS) is 22.1. The zero-order valence-corrected chi connectivity index (χ0v) is 20.2. The number of amides is 1. The molecule has 0 saturated carbocycles. The summed E-state index contributed by atoms with van der Waals surface area (Å²) >= 11 is 0. The van der Waals surface area contributed by atoms with E-state index in [4.69, 9.17) is 9.47 Å². The first-order valence-electron chi connectivity index (χ1n) is 11.5. The minimum atomic E-state index is -3.80. The molecule has 1 amide bonds. The van der Waals surface area contributed by atoms with E-state index in [1.165, 1.54) is 0 Å². The summed E-state index contributed by atoms with van der Waals surface area (Å²) < 4.78 is 39.5. The Morgan fingerprint density at radius 1 is 1.12 bits per heavy atom. The third kappa shape index (κ3) is 6.99. The third-order valence-corrected chi connectivity index (χ3v) is 7.65. The molecular weight excluding hydrogens is 430 g/mol. The van der Waals surface area contributed by atoms with Crippen LogP contribution < -0.4 is 10.0 Å². The standard InChI is InChI=1S/C23H37N3O5S/c1-17(2)14-21(25-32(28,29)20-6-4-18(3)5-7-20)23(27)24-15-22(19-8-11-31-16-19)26-9-12-30-13-10-26/h4-7,17,19,21-22,25H,8-16H2,1-3H3,(H,24,27). The first kappa shape index (κ1) is 25.1. The van der Waals surface area contributed by atoms with Gasteiger partial charge < -0.3 is 14.8 Å². The molecule has 2 N–H and O–H groups in total. The number of aryl methyl sites for hydroxylation is 1. The highest BCUT2D eigenvalue weighted by molar-refractivity contribution is 7.89. The average Bonchev–Trinajstić information content (AvgIpc) is 3.28. The Kier molecular flexibility index (Phi) is 9.07. The van der Waals surface area contributed by atoms with Gasteiger partial charge in [0.15, 0.2) is 0 Å². The van der Waals surface area contributed by atoms with Crippen molar-refractivity contribution < 1.29 is 22.7 Å². The largest absolute Gasteiger partial charge is 0.381 e. The number of benzene rings is 1. The Labute approximate surface area is 192 Å². The van der Waals surface area contributed by atoms with Crippen molar-refractivity contribution >= 4 is 15.9 Å². The number of sulfonamides is 1. The van der Waals surface area contributed by atoms with Gasteiger partial charge in [0.25, 0.3) is 0 Å². The lowest BCUT2D eigenvalue weighted by Crippen LogP contribution is -2.55. The molecule has 2 heterocycles. The molecule has 3 rings (SSSR count). The van der Waals surface area contributed by atoms with Gasteiger partial charge >= 0.3 is 0 Å². The monoisotopic (exact) mass is 467 g/mol. The molecule has 32 heavy (non-hydrogen) atoms. The molecule has 2 saturated heterocycles. The Balaban J connectivity index is 1.68. The number of ether oxygens (including phenoxy) is 2. The maximum Gasteiger partial charge on any atom is 0.241 e. The number of morpholine rings is 1. The van der Waals surface area contributed by atoms with Crippen LogP contribution in [0.5, 0.6) is 0 Å². The summed E-state index contributed by atoms with van der Waals surface area (Å²) in [4.78, 5) is 15.7. The van der Waals surface area contributed by atoms with E-state index in [9.17, 15) is 13.2 Å². The number of carbonyl (C=O) groups is 1. The smallest absolute Gasteiger partial charge is 0.241 e. The number of nitrogens with zero attached hydrogens (tertiary/aromatic N) is 1. The minimum absolute atomic E-state index is 0.152. The van der Waals surface area contributed by atoms with Gasteiger partial charge in [-0.15, -0.1) is 0 Å². The number of nitrogens with one attached hydrogen (secondary N) is 2. The molecule has 0 aromatic heterocycles. The Bertz CT molecular complexity index is 832. The van der Waals surface area contributed by atoms with Crippen LogP contribution in [0.1, 0.15) is 32.3 Å². The molecule has 3 atom stereocenters. The molecular formula is C23H37N3O5S. The molecule has 0 bridgehead atoms. The molecule has 180 valence electrons. The molecule has 0 aliphatic carbocycles. The summed E-state index contributed by atoms with van der Waals surface area (Å²) in [5.41, 5.74) is 0.977. The average molecular weight is 468 g/mol. The van der Waals surface area contributed by atoms with Crippen molar-refractivity contribution in [2.24, 2.45) is 11.8 Å². The van der Waals surface area contributed by atoms with E-state index >= 15 is 0 Å². The van der Waals surface area contributed by atoms with Crippen LogP contribution in [0.2, 0.25) is 0 Å². The molecule has 3 unspecified atom stereocenters. The fourth-order valence-electron chi connectivity index (χ4n) is 4.34. The van der Waals surface area contributed by atoms with Crippen molar-refractivity contribution in [3.05, 3.63) is 29.8 Å². The third-order valence-electron chi connectivity index (χ3n) is 6.16.